The molecule has 0 unspecified atom stereocenters. The molecule has 3 heterocycles. The van der Waals surface area contributed by atoms with E-state index in [-0.39, 0.29) is 5.91 Å². The maximum absolute atomic E-state index is 13.5. The van der Waals surface area contributed by atoms with Crippen molar-refractivity contribution in [2.24, 2.45) is 7.05 Å². The van der Waals surface area contributed by atoms with Gasteiger partial charge in [0.15, 0.2) is 5.65 Å². The number of rotatable bonds is 6. The normalized spacial score (nSPS) is 11.4. The molecular weight excluding hydrogens is 414 g/mol. The largest absolute Gasteiger partial charge is 0.383 e. The summed E-state index contributed by atoms with van der Waals surface area (Å²) in [7, 11) is 3.55. The van der Waals surface area contributed by atoms with Crippen LogP contribution in [0.1, 0.15) is 16.1 Å². The summed E-state index contributed by atoms with van der Waals surface area (Å²) in [6, 6.07) is 19.7. The van der Waals surface area contributed by atoms with Crippen LogP contribution < -0.4 is 5.32 Å². The molecular formula is C26H25N5O2. The maximum Gasteiger partial charge on any atom is 0.256 e. The number of amides is 1. The summed E-state index contributed by atoms with van der Waals surface area (Å²) in [5.41, 5.74) is 5.55. The number of pyridine rings is 1. The molecule has 166 valence electrons. The van der Waals surface area contributed by atoms with Gasteiger partial charge in [0.05, 0.1) is 28.9 Å². The van der Waals surface area contributed by atoms with E-state index in [1.807, 2.05) is 80.8 Å². The lowest BCUT2D eigenvalue weighted by molar-refractivity contribution is 0.102. The zero-order valence-corrected chi connectivity index (χ0v) is 18.9. The number of aromatic nitrogens is 4. The second-order valence-electron chi connectivity index (χ2n) is 8.06. The van der Waals surface area contributed by atoms with Gasteiger partial charge in [0.2, 0.25) is 0 Å². The Labute approximate surface area is 191 Å². The summed E-state index contributed by atoms with van der Waals surface area (Å²) in [6.07, 6.45) is 2.03. The van der Waals surface area contributed by atoms with Gasteiger partial charge in [-0.1, -0.05) is 30.3 Å². The Morgan fingerprint density at radius 1 is 1.09 bits per heavy atom. The molecule has 5 aromatic rings. The van der Waals surface area contributed by atoms with Crippen LogP contribution in [0, 0.1) is 6.92 Å². The molecule has 0 aliphatic heterocycles. The third kappa shape index (κ3) is 3.87. The number of carbonyl (C=O) groups is 1. The van der Waals surface area contributed by atoms with Gasteiger partial charge in [-0.3, -0.25) is 9.48 Å². The minimum atomic E-state index is -0.186. The zero-order chi connectivity index (χ0) is 22.9. The van der Waals surface area contributed by atoms with Crippen molar-refractivity contribution in [1.29, 1.82) is 0 Å². The molecule has 0 aliphatic carbocycles. The predicted molar refractivity (Wildman–Crippen MR) is 130 cm³/mol. The molecule has 0 spiro atoms. The Morgan fingerprint density at radius 3 is 2.70 bits per heavy atom. The molecule has 0 bridgehead atoms. The lowest BCUT2D eigenvalue weighted by atomic mass is 10.0. The Bertz CT molecular complexity index is 1470. The van der Waals surface area contributed by atoms with Gasteiger partial charge in [-0.2, -0.15) is 5.10 Å². The van der Waals surface area contributed by atoms with Crippen molar-refractivity contribution in [2.75, 3.05) is 19.0 Å². The maximum atomic E-state index is 13.5. The van der Waals surface area contributed by atoms with Crippen LogP contribution in [0.15, 0.2) is 66.9 Å². The van der Waals surface area contributed by atoms with Crippen LogP contribution in [-0.2, 0) is 18.3 Å². The van der Waals surface area contributed by atoms with Gasteiger partial charge in [0.1, 0.15) is 0 Å². The average Bonchev–Trinajstić information content (AvgIpc) is 3.37. The Kier molecular flexibility index (Phi) is 5.40. The summed E-state index contributed by atoms with van der Waals surface area (Å²) in [5, 5.41) is 9.40. The Morgan fingerprint density at radius 2 is 1.91 bits per heavy atom. The van der Waals surface area contributed by atoms with Crippen LogP contribution >= 0.6 is 0 Å². The first-order valence-corrected chi connectivity index (χ1v) is 10.8. The fraction of sp³-hybridized carbons (Fsp3) is 0.192. The lowest BCUT2D eigenvalue weighted by Gasteiger charge is -2.10. The van der Waals surface area contributed by atoms with Crippen LogP contribution in [-0.4, -0.2) is 39.0 Å². The lowest BCUT2D eigenvalue weighted by Crippen LogP contribution is -2.13. The zero-order valence-electron chi connectivity index (χ0n) is 18.9. The van der Waals surface area contributed by atoms with Crippen molar-refractivity contribution in [2.45, 2.75) is 13.5 Å². The van der Waals surface area contributed by atoms with Gasteiger partial charge in [-0.05, 0) is 37.3 Å². The van der Waals surface area contributed by atoms with Crippen molar-refractivity contribution < 1.29 is 9.53 Å². The number of nitrogens with one attached hydrogen (secondary N) is 1. The number of fused-ring (bicyclic) bond motifs is 2. The van der Waals surface area contributed by atoms with Crippen LogP contribution in [0.2, 0.25) is 0 Å². The molecule has 0 aliphatic rings. The van der Waals surface area contributed by atoms with Gasteiger partial charge in [-0.25, -0.2) is 4.98 Å². The molecule has 5 rings (SSSR count). The van der Waals surface area contributed by atoms with Gasteiger partial charge in [0.25, 0.3) is 5.91 Å². The third-order valence-corrected chi connectivity index (χ3v) is 5.85. The van der Waals surface area contributed by atoms with Crippen molar-refractivity contribution >= 4 is 33.5 Å². The van der Waals surface area contributed by atoms with Gasteiger partial charge >= 0.3 is 0 Å². The standard InChI is InChI=1S/C26H25N5O2/c1-17-24-21(16-22(18-7-5-4-6-8-18)28-25(24)30(2)29-17)26(32)27-20-9-10-23-19(15-20)11-12-31(23)13-14-33-3/h4-12,15-16H,13-14H2,1-3H3,(H,27,32). The van der Waals surface area contributed by atoms with Crippen molar-refractivity contribution in [3.63, 3.8) is 0 Å². The molecule has 7 nitrogen and oxygen atoms in total. The highest BCUT2D eigenvalue weighted by atomic mass is 16.5. The molecule has 0 saturated carbocycles. The minimum Gasteiger partial charge on any atom is -0.383 e. The number of ether oxygens (including phenoxy) is 1. The molecule has 33 heavy (non-hydrogen) atoms. The van der Waals surface area contributed by atoms with E-state index < -0.39 is 0 Å². The molecule has 0 saturated heterocycles. The van der Waals surface area contributed by atoms with Crippen molar-refractivity contribution in [1.82, 2.24) is 19.3 Å². The predicted octanol–water partition coefficient (Wildman–Crippen LogP) is 4.80. The van der Waals surface area contributed by atoms with Crippen LogP contribution in [0.3, 0.4) is 0 Å². The quantitative estimate of drug-likeness (QED) is 0.413. The van der Waals surface area contributed by atoms with E-state index in [9.17, 15) is 4.79 Å². The highest BCUT2D eigenvalue weighted by Gasteiger charge is 2.19. The summed E-state index contributed by atoms with van der Waals surface area (Å²) in [6.45, 7) is 3.33. The van der Waals surface area contributed by atoms with Gasteiger partial charge in [0, 0.05) is 49.1 Å². The summed E-state index contributed by atoms with van der Waals surface area (Å²) in [5.74, 6) is -0.186. The van der Waals surface area contributed by atoms with Crippen LogP contribution in [0.4, 0.5) is 5.69 Å². The fourth-order valence-electron chi connectivity index (χ4n) is 4.24. The highest BCUT2D eigenvalue weighted by molar-refractivity contribution is 6.13. The van der Waals surface area contributed by atoms with E-state index in [0.717, 1.165) is 45.5 Å². The van der Waals surface area contributed by atoms with E-state index in [0.29, 0.717) is 17.8 Å². The molecule has 0 fully saturated rings. The number of aryl methyl sites for hydroxylation is 2. The summed E-state index contributed by atoms with van der Waals surface area (Å²) < 4.78 is 9.05. The number of benzene rings is 2. The summed E-state index contributed by atoms with van der Waals surface area (Å²) >= 11 is 0. The first-order valence-electron chi connectivity index (χ1n) is 10.8. The Hall–Kier alpha value is -3.97. The van der Waals surface area contributed by atoms with Gasteiger partial charge < -0.3 is 14.6 Å². The number of hydrogen-bond acceptors (Lipinski definition) is 4. The number of anilines is 1. The number of hydrogen-bond donors (Lipinski definition) is 1. The first kappa shape index (κ1) is 20.9. The van der Waals surface area contributed by atoms with E-state index in [1.54, 1.807) is 11.8 Å². The number of methoxy groups -OCH3 is 1. The molecule has 0 radical (unpaired) electrons. The van der Waals surface area contributed by atoms with E-state index in [1.165, 1.54) is 0 Å². The molecule has 1 amide bonds. The van der Waals surface area contributed by atoms with Crippen LogP contribution in [0.25, 0.3) is 33.2 Å². The SMILES string of the molecule is COCCn1ccc2cc(NC(=O)c3cc(-c4ccccc4)nc4c3c(C)nn4C)ccc21. The average molecular weight is 440 g/mol. The minimum absolute atomic E-state index is 0.186. The van der Waals surface area contributed by atoms with E-state index >= 15 is 0 Å². The highest BCUT2D eigenvalue weighted by Crippen LogP contribution is 2.28. The monoisotopic (exact) mass is 439 g/mol. The first-order chi connectivity index (χ1) is 16.0. The summed E-state index contributed by atoms with van der Waals surface area (Å²) in [4.78, 5) is 18.2. The van der Waals surface area contributed by atoms with E-state index in [2.05, 4.69) is 15.0 Å². The molecule has 1 N–H and O–H groups in total. The van der Waals surface area contributed by atoms with Crippen molar-refractivity contribution in [3.05, 3.63) is 78.1 Å². The van der Waals surface area contributed by atoms with Crippen LogP contribution in [0.5, 0.6) is 0 Å². The molecule has 2 aromatic carbocycles. The second-order valence-corrected chi connectivity index (χ2v) is 8.06. The molecule has 3 aromatic heterocycles. The number of carbonyl (C=O) groups excluding carboxylic acids is 1. The molecule has 0 atom stereocenters. The van der Waals surface area contributed by atoms with Gasteiger partial charge in [-0.15, -0.1) is 0 Å². The van der Waals surface area contributed by atoms with Crippen molar-refractivity contribution in [3.8, 4) is 11.3 Å². The smallest absolute Gasteiger partial charge is 0.256 e. The third-order valence-electron chi connectivity index (χ3n) is 5.85. The molecule has 7 heteroatoms. The topological polar surface area (TPSA) is 74.0 Å². The second kappa shape index (κ2) is 8.52. The van der Waals surface area contributed by atoms with E-state index in [4.69, 9.17) is 9.72 Å². The fourth-order valence-corrected chi connectivity index (χ4v) is 4.24. The number of nitrogens with zero attached hydrogens (tertiary/aromatic N) is 4. The Balaban J connectivity index is 1.53.